The number of carbonyl (C=O) groups is 1. The Balaban J connectivity index is 2.03. The summed E-state index contributed by atoms with van der Waals surface area (Å²) in [6.07, 6.45) is 50.5. The zero-order chi connectivity index (χ0) is 51.0. The molecular weight excluding hydrogens is 879 g/mol. The van der Waals surface area contributed by atoms with E-state index in [4.69, 9.17) is 9.47 Å². The molecule has 1 rings (SSSR count). The van der Waals surface area contributed by atoms with Gasteiger partial charge in [-0.15, -0.1) is 0 Å². The van der Waals surface area contributed by atoms with Gasteiger partial charge in [-0.25, -0.2) is 0 Å². The van der Waals surface area contributed by atoms with Gasteiger partial charge in [0.1, 0.15) is 30.5 Å². The largest absolute Gasteiger partial charge is 0.394 e. The molecule has 2 unspecified atom stereocenters. The van der Waals surface area contributed by atoms with Crippen LogP contribution in [0, 0.1) is 0 Å². The summed E-state index contributed by atoms with van der Waals surface area (Å²) >= 11 is 0. The van der Waals surface area contributed by atoms with Gasteiger partial charge in [0.25, 0.3) is 0 Å². The van der Waals surface area contributed by atoms with Crippen molar-refractivity contribution in [3.05, 3.63) is 0 Å². The van der Waals surface area contributed by atoms with Crippen LogP contribution >= 0.6 is 0 Å². The fraction of sp³-hybridized carbons (Fsp3) is 0.983. The summed E-state index contributed by atoms with van der Waals surface area (Å²) in [6, 6.07) is -0.985. The molecule has 1 aliphatic rings. The van der Waals surface area contributed by atoms with Crippen LogP contribution in [0.5, 0.6) is 0 Å². The van der Waals surface area contributed by atoms with Crippen molar-refractivity contribution in [2.24, 2.45) is 0 Å². The maximum atomic E-state index is 13.1. The zero-order valence-electron chi connectivity index (χ0n) is 46.2. The van der Waals surface area contributed by atoms with Crippen LogP contribution in [-0.2, 0) is 14.3 Å². The first kappa shape index (κ1) is 67.2. The Hall–Kier alpha value is -0.850. The maximum absolute atomic E-state index is 13.1. The van der Waals surface area contributed by atoms with Crippen molar-refractivity contribution < 1.29 is 44.9 Å². The third kappa shape index (κ3) is 38.7. The van der Waals surface area contributed by atoms with Crippen molar-refractivity contribution >= 4 is 5.91 Å². The average molecular weight is 999 g/mol. The van der Waals surface area contributed by atoms with Crippen LogP contribution in [0.25, 0.3) is 0 Å². The van der Waals surface area contributed by atoms with Crippen LogP contribution in [0.2, 0.25) is 0 Å². The number of ether oxygens (including phenoxy) is 2. The minimum atomic E-state index is -1.60. The minimum Gasteiger partial charge on any atom is -0.394 e. The Kier molecular flexibility index (Phi) is 48.3. The van der Waals surface area contributed by atoms with Gasteiger partial charge in [-0.2, -0.15) is 0 Å². The predicted molar refractivity (Wildman–Crippen MR) is 292 cm³/mol. The van der Waals surface area contributed by atoms with Gasteiger partial charge in [0, 0.05) is 6.42 Å². The van der Waals surface area contributed by atoms with E-state index in [2.05, 4.69) is 19.2 Å². The number of aliphatic hydroxyl groups excluding tert-OH is 6. The van der Waals surface area contributed by atoms with Crippen molar-refractivity contribution in [2.75, 3.05) is 13.2 Å². The van der Waals surface area contributed by atoms with Crippen molar-refractivity contribution in [1.82, 2.24) is 5.32 Å². The van der Waals surface area contributed by atoms with Gasteiger partial charge in [-0.05, 0) is 12.8 Å². The van der Waals surface area contributed by atoms with Crippen LogP contribution in [0.3, 0.4) is 0 Å². The smallest absolute Gasteiger partial charge is 0.220 e. The second-order valence-electron chi connectivity index (χ2n) is 22.0. The van der Waals surface area contributed by atoms with Gasteiger partial charge in [0.15, 0.2) is 6.29 Å². The molecule has 1 saturated heterocycles. The Morgan fingerprint density at radius 3 is 1.06 bits per heavy atom. The topological polar surface area (TPSA) is 169 Å². The molecule has 70 heavy (non-hydrogen) atoms. The van der Waals surface area contributed by atoms with Crippen LogP contribution in [0.15, 0.2) is 0 Å². The van der Waals surface area contributed by atoms with Crippen molar-refractivity contribution in [3.8, 4) is 0 Å². The van der Waals surface area contributed by atoms with E-state index in [9.17, 15) is 35.4 Å². The lowest BCUT2D eigenvalue weighted by molar-refractivity contribution is -0.303. The number of carbonyl (C=O) groups excluding carboxylic acids is 1. The third-order valence-electron chi connectivity index (χ3n) is 15.3. The summed E-state index contributed by atoms with van der Waals surface area (Å²) in [5, 5.41) is 65.3. The first-order valence-corrected chi connectivity index (χ1v) is 30.8. The molecule has 10 heteroatoms. The van der Waals surface area contributed by atoms with E-state index >= 15 is 0 Å². The lowest BCUT2D eigenvalue weighted by Gasteiger charge is -2.40. The quantitative estimate of drug-likeness (QED) is 0.0293. The summed E-state index contributed by atoms with van der Waals surface area (Å²) in [5.74, 6) is -0.252. The number of hydrogen-bond acceptors (Lipinski definition) is 9. The zero-order valence-corrected chi connectivity index (χ0v) is 46.2. The monoisotopic (exact) mass is 998 g/mol. The second-order valence-corrected chi connectivity index (χ2v) is 22.0. The lowest BCUT2D eigenvalue weighted by atomic mass is 9.98. The van der Waals surface area contributed by atoms with E-state index < -0.39 is 55.6 Å². The standard InChI is InChI=1S/C60H119NO9/c1-3-5-7-9-11-13-14-15-16-17-18-19-20-21-22-23-24-25-26-27-28-29-30-31-32-33-34-35-36-37-38-39-41-43-45-47-49-55(64)61-52(51-69-60-59(68)58(67)57(66)54(50-62)70-60)56(65)53(63)48-46-44-42-40-12-10-8-6-4-2/h52-54,56-60,62-63,65-68H,3-51H2,1-2H3,(H,61,64)/t52-,53+,54+,56-,57+,58?,59?,60+/m0/s1. The van der Waals surface area contributed by atoms with E-state index in [1.807, 2.05) is 0 Å². The Labute approximate surface area is 432 Å². The molecule has 8 atom stereocenters. The Morgan fingerprint density at radius 1 is 0.443 bits per heavy atom. The van der Waals surface area contributed by atoms with Crippen molar-refractivity contribution in [1.29, 1.82) is 0 Å². The molecule has 0 aromatic rings. The molecule has 418 valence electrons. The summed E-state index contributed by atoms with van der Waals surface area (Å²) < 4.78 is 11.2. The minimum absolute atomic E-state index is 0.252. The molecule has 7 N–H and O–H groups in total. The first-order valence-electron chi connectivity index (χ1n) is 30.8. The highest BCUT2D eigenvalue weighted by Gasteiger charge is 2.44. The molecule has 1 fully saturated rings. The summed E-state index contributed by atoms with van der Waals surface area (Å²) in [6.45, 7) is 3.62. The van der Waals surface area contributed by atoms with Crippen LogP contribution < -0.4 is 5.32 Å². The fourth-order valence-corrected chi connectivity index (χ4v) is 10.4. The highest BCUT2D eigenvalue weighted by atomic mass is 16.7. The molecule has 10 nitrogen and oxygen atoms in total. The number of aliphatic hydroxyl groups is 6. The SMILES string of the molecule is CCCCCCCCCCCCCCCCCCCCCCCCCCCCCCCCCCCCCCC(=O)N[C@@H](CO[C@@H]1O[C@H](CO)[C@@H](O)C(O)C1O)[C@H](O)[C@H](O)CCCCCCCCCCC. The fourth-order valence-electron chi connectivity index (χ4n) is 10.4. The van der Waals surface area contributed by atoms with Crippen LogP contribution in [-0.4, -0.2) is 98.7 Å². The van der Waals surface area contributed by atoms with Gasteiger partial charge >= 0.3 is 0 Å². The summed E-state index contributed by atoms with van der Waals surface area (Å²) in [7, 11) is 0. The van der Waals surface area contributed by atoms with E-state index in [-0.39, 0.29) is 18.9 Å². The average Bonchev–Trinajstić information content (AvgIpc) is 3.36. The number of nitrogens with one attached hydrogen (secondary N) is 1. The van der Waals surface area contributed by atoms with Gasteiger partial charge in [-0.3, -0.25) is 4.79 Å². The summed E-state index contributed by atoms with van der Waals surface area (Å²) in [5.41, 5.74) is 0. The molecular formula is C60H119NO9. The molecule has 0 aromatic heterocycles. The van der Waals surface area contributed by atoms with E-state index in [0.717, 1.165) is 44.9 Å². The van der Waals surface area contributed by atoms with Crippen LogP contribution in [0.1, 0.15) is 316 Å². The number of amides is 1. The molecule has 1 amide bonds. The van der Waals surface area contributed by atoms with Crippen LogP contribution in [0.4, 0.5) is 0 Å². The molecule has 0 bridgehead atoms. The highest BCUT2D eigenvalue weighted by molar-refractivity contribution is 5.76. The Bertz CT molecular complexity index is 1080. The van der Waals surface area contributed by atoms with Gasteiger partial charge in [0.2, 0.25) is 5.91 Å². The normalized spacial score (nSPS) is 19.7. The third-order valence-corrected chi connectivity index (χ3v) is 15.3. The van der Waals surface area contributed by atoms with E-state index in [0.29, 0.717) is 6.42 Å². The van der Waals surface area contributed by atoms with Gasteiger partial charge in [-0.1, -0.05) is 296 Å². The van der Waals surface area contributed by atoms with Crippen molar-refractivity contribution in [2.45, 2.75) is 365 Å². The lowest BCUT2D eigenvalue weighted by Crippen LogP contribution is -2.60. The molecule has 0 aliphatic carbocycles. The van der Waals surface area contributed by atoms with Gasteiger partial charge < -0.3 is 45.4 Å². The molecule has 1 heterocycles. The number of unbranched alkanes of at least 4 members (excludes halogenated alkanes) is 43. The summed E-state index contributed by atoms with van der Waals surface area (Å²) in [4.78, 5) is 13.1. The molecule has 0 radical (unpaired) electrons. The highest BCUT2D eigenvalue weighted by Crippen LogP contribution is 2.24. The van der Waals surface area contributed by atoms with E-state index in [1.165, 1.54) is 244 Å². The second kappa shape index (κ2) is 50.3. The first-order chi connectivity index (χ1) is 34.3. The molecule has 1 aliphatic heterocycles. The molecule has 0 spiro atoms. The van der Waals surface area contributed by atoms with Crippen molar-refractivity contribution in [3.63, 3.8) is 0 Å². The Morgan fingerprint density at radius 2 is 0.743 bits per heavy atom. The maximum Gasteiger partial charge on any atom is 0.220 e. The predicted octanol–water partition coefficient (Wildman–Crippen LogP) is 14.4. The number of rotatable bonds is 54. The molecule has 0 saturated carbocycles. The van der Waals surface area contributed by atoms with E-state index in [1.54, 1.807) is 0 Å². The van der Waals surface area contributed by atoms with Gasteiger partial charge in [0.05, 0.1) is 25.4 Å². The molecule has 0 aromatic carbocycles. The number of hydrogen-bond donors (Lipinski definition) is 7.